The minimum atomic E-state index is 0.432. The van der Waals surface area contributed by atoms with Gasteiger partial charge in [-0.2, -0.15) is 0 Å². The Labute approximate surface area is 136 Å². The molecule has 1 aromatic rings. The zero-order valence-corrected chi connectivity index (χ0v) is 15.2. The second-order valence-corrected chi connectivity index (χ2v) is 6.74. The van der Waals surface area contributed by atoms with E-state index in [1.165, 1.54) is 40.8 Å². The molecule has 0 radical (unpaired) electrons. The van der Waals surface area contributed by atoms with E-state index < -0.39 is 0 Å². The van der Waals surface area contributed by atoms with Crippen molar-refractivity contribution in [2.45, 2.75) is 67.0 Å². The van der Waals surface area contributed by atoms with Gasteiger partial charge in [0.15, 0.2) is 0 Å². The molecule has 2 nitrogen and oxygen atoms in total. The molecule has 0 N–H and O–H groups in total. The van der Waals surface area contributed by atoms with Gasteiger partial charge in [0.1, 0.15) is 0 Å². The molecule has 1 aromatic carbocycles. The van der Waals surface area contributed by atoms with E-state index in [1.54, 1.807) is 0 Å². The van der Waals surface area contributed by atoms with Crippen molar-refractivity contribution in [1.82, 2.24) is 4.90 Å². The topological polar surface area (TPSA) is 6.48 Å². The van der Waals surface area contributed by atoms with E-state index in [-0.39, 0.29) is 0 Å². The molecule has 0 bridgehead atoms. The minimum absolute atomic E-state index is 0.432. The van der Waals surface area contributed by atoms with Crippen LogP contribution in [0.15, 0.2) is 23.9 Å². The molecule has 1 heterocycles. The van der Waals surface area contributed by atoms with Crippen molar-refractivity contribution in [3.63, 3.8) is 0 Å². The quantitative estimate of drug-likeness (QED) is 0.740. The number of rotatable bonds is 5. The van der Waals surface area contributed by atoms with E-state index in [0.29, 0.717) is 6.17 Å². The smallest absolute Gasteiger partial charge is 0.0985 e. The summed E-state index contributed by atoms with van der Waals surface area (Å²) in [6, 6.07) is 4.63. The van der Waals surface area contributed by atoms with E-state index in [1.807, 2.05) is 0 Å². The SMILES string of the molecule is CCCCN1C=C(CC)CN(c2c(C)cc(C)cc2C)C1C. The number of anilines is 1. The van der Waals surface area contributed by atoms with Crippen molar-refractivity contribution in [2.75, 3.05) is 18.0 Å². The standard InChI is InChI=1S/C20H32N2/c1-7-9-10-21-13-19(8-2)14-22(18(21)6)20-16(4)11-15(3)12-17(20)5/h11-13,18H,7-10,14H2,1-6H3. The summed E-state index contributed by atoms with van der Waals surface area (Å²) in [5, 5.41) is 0. The Hall–Kier alpha value is -1.44. The van der Waals surface area contributed by atoms with Crippen molar-refractivity contribution >= 4 is 5.69 Å². The first-order chi connectivity index (χ1) is 10.5. The van der Waals surface area contributed by atoms with Crippen molar-refractivity contribution in [2.24, 2.45) is 0 Å². The number of nitrogens with zero attached hydrogens (tertiary/aromatic N) is 2. The lowest BCUT2D eigenvalue weighted by atomic mass is 10.0. The summed E-state index contributed by atoms with van der Waals surface area (Å²) in [6.07, 6.45) is 6.49. The average Bonchev–Trinajstić information content (AvgIpc) is 2.46. The van der Waals surface area contributed by atoms with Gasteiger partial charge in [-0.3, -0.25) is 0 Å². The number of hydrogen-bond donors (Lipinski definition) is 0. The molecule has 22 heavy (non-hydrogen) atoms. The maximum Gasteiger partial charge on any atom is 0.0985 e. The van der Waals surface area contributed by atoms with Crippen LogP contribution in [-0.2, 0) is 0 Å². The van der Waals surface area contributed by atoms with Crippen LogP contribution in [0, 0.1) is 20.8 Å². The second-order valence-electron chi connectivity index (χ2n) is 6.74. The normalized spacial score (nSPS) is 18.6. The van der Waals surface area contributed by atoms with E-state index in [2.05, 4.69) is 69.7 Å². The second kappa shape index (κ2) is 7.21. The molecule has 1 unspecified atom stereocenters. The zero-order chi connectivity index (χ0) is 16.3. The largest absolute Gasteiger partial charge is 0.358 e. The molecule has 0 aliphatic carbocycles. The highest BCUT2D eigenvalue weighted by Gasteiger charge is 2.26. The van der Waals surface area contributed by atoms with Gasteiger partial charge in [-0.05, 0) is 57.2 Å². The van der Waals surface area contributed by atoms with Crippen LogP contribution < -0.4 is 4.90 Å². The van der Waals surface area contributed by atoms with Gasteiger partial charge in [-0.1, -0.05) is 38.0 Å². The maximum absolute atomic E-state index is 2.60. The van der Waals surface area contributed by atoms with Crippen LogP contribution in [0.5, 0.6) is 0 Å². The van der Waals surface area contributed by atoms with Gasteiger partial charge in [0.25, 0.3) is 0 Å². The first-order valence-corrected chi connectivity index (χ1v) is 8.77. The van der Waals surface area contributed by atoms with Gasteiger partial charge >= 0.3 is 0 Å². The fraction of sp³-hybridized carbons (Fsp3) is 0.600. The van der Waals surface area contributed by atoms with Crippen LogP contribution in [0.1, 0.15) is 56.7 Å². The summed E-state index contributed by atoms with van der Waals surface area (Å²) in [7, 11) is 0. The third-order valence-electron chi connectivity index (χ3n) is 4.80. The Morgan fingerprint density at radius 2 is 1.73 bits per heavy atom. The number of hydrogen-bond acceptors (Lipinski definition) is 2. The summed E-state index contributed by atoms with van der Waals surface area (Å²) in [5.41, 5.74) is 7.12. The van der Waals surface area contributed by atoms with Crippen molar-refractivity contribution in [3.05, 3.63) is 40.6 Å². The minimum Gasteiger partial charge on any atom is -0.358 e. The van der Waals surface area contributed by atoms with Crippen LogP contribution in [0.3, 0.4) is 0 Å². The molecule has 0 fully saturated rings. The summed E-state index contributed by atoms with van der Waals surface area (Å²) in [5.74, 6) is 0. The highest BCUT2D eigenvalue weighted by atomic mass is 15.4. The Balaban J connectivity index is 2.36. The van der Waals surface area contributed by atoms with E-state index in [0.717, 1.165) is 19.5 Å². The molecule has 1 aliphatic heterocycles. The van der Waals surface area contributed by atoms with E-state index in [4.69, 9.17) is 0 Å². The average molecular weight is 300 g/mol. The Kier molecular flexibility index (Phi) is 5.55. The van der Waals surface area contributed by atoms with Crippen molar-refractivity contribution < 1.29 is 0 Å². The van der Waals surface area contributed by atoms with Gasteiger partial charge in [-0.25, -0.2) is 0 Å². The highest BCUT2D eigenvalue weighted by Crippen LogP contribution is 2.32. The van der Waals surface area contributed by atoms with Gasteiger partial charge in [-0.15, -0.1) is 0 Å². The maximum atomic E-state index is 2.60. The molecule has 0 saturated carbocycles. The van der Waals surface area contributed by atoms with Crippen molar-refractivity contribution in [3.8, 4) is 0 Å². The number of benzene rings is 1. The molecule has 0 spiro atoms. The Morgan fingerprint density at radius 3 is 2.27 bits per heavy atom. The number of aryl methyl sites for hydroxylation is 3. The van der Waals surface area contributed by atoms with Crippen LogP contribution in [0.25, 0.3) is 0 Å². The molecular formula is C20H32N2. The van der Waals surface area contributed by atoms with Crippen LogP contribution in [-0.4, -0.2) is 24.2 Å². The third-order valence-corrected chi connectivity index (χ3v) is 4.80. The van der Waals surface area contributed by atoms with E-state index >= 15 is 0 Å². The monoisotopic (exact) mass is 300 g/mol. The summed E-state index contributed by atoms with van der Waals surface area (Å²) in [4.78, 5) is 5.13. The lowest BCUT2D eigenvalue weighted by molar-refractivity contribution is 0.264. The Morgan fingerprint density at radius 1 is 1.09 bits per heavy atom. The molecule has 1 atom stereocenters. The van der Waals surface area contributed by atoms with Gasteiger partial charge in [0.05, 0.1) is 6.17 Å². The molecule has 122 valence electrons. The van der Waals surface area contributed by atoms with Crippen LogP contribution >= 0.6 is 0 Å². The lowest BCUT2D eigenvalue weighted by Crippen LogP contribution is -2.49. The molecule has 1 aliphatic rings. The molecule has 2 heteroatoms. The van der Waals surface area contributed by atoms with Gasteiger partial charge < -0.3 is 9.80 Å². The van der Waals surface area contributed by atoms with Gasteiger partial charge in [0, 0.05) is 25.0 Å². The predicted octanol–water partition coefficient (Wildman–Crippen LogP) is 5.17. The fourth-order valence-corrected chi connectivity index (χ4v) is 3.60. The first-order valence-electron chi connectivity index (χ1n) is 8.77. The highest BCUT2D eigenvalue weighted by molar-refractivity contribution is 5.62. The summed E-state index contributed by atoms with van der Waals surface area (Å²) < 4.78 is 0. The van der Waals surface area contributed by atoms with Crippen LogP contribution in [0.2, 0.25) is 0 Å². The van der Waals surface area contributed by atoms with E-state index in [9.17, 15) is 0 Å². The molecule has 2 rings (SSSR count). The van der Waals surface area contributed by atoms with Crippen LogP contribution in [0.4, 0.5) is 5.69 Å². The summed E-state index contributed by atoms with van der Waals surface area (Å²) in [6.45, 7) is 15.8. The van der Waals surface area contributed by atoms with Gasteiger partial charge in [0.2, 0.25) is 0 Å². The summed E-state index contributed by atoms with van der Waals surface area (Å²) >= 11 is 0. The lowest BCUT2D eigenvalue weighted by Gasteiger charge is -2.44. The zero-order valence-electron chi connectivity index (χ0n) is 15.2. The van der Waals surface area contributed by atoms with Crippen molar-refractivity contribution in [1.29, 1.82) is 0 Å². The Bertz CT molecular complexity index is 522. The predicted molar refractivity (Wildman–Crippen MR) is 97.4 cm³/mol. The fourth-order valence-electron chi connectivity index (χ4n) is 3.60. The molecule has 0 aromatic heterocycles. The molecule has 0 saturated heterocycles. The molecule has 0 amide bonds. The number of unbranched alkanes of at least 4 members (excludes halogenated alkanes) is 1. The third kappa shape index (κ3) is 3.48. The first kappa shape index (κ1) is 16.9. The molecular weight excluding hydrogens is 268 g/mol.